The van der Waals surface area contributed by atoms with Gasteiger partial charge in [0.15, 0.2) is 8.32 Å². The van der Waals surface area contributed by atoms with Crippen molar-refractivity contribution >= 4 is 20.4 Å². The summed E-state index contributed by atoms with van der Waals surface area (Å²) in [6.07, 6.45) is -0.322. The average Bonchev–Trinajstić information content (AvgIpc) is 2.71. The molecule has 0 radical (unpaired) electrons. The smallest absolute Gasteiger partial charge is 0.407 e. The summed E-state index contributed by atoms with van der Waals surface area (Å²) in [4.78, 5) is 25.1. The summed E-state index contributed by atoms with van der Waals surface area (Å²) in [5, 5.41) is 19.9. The van der Waals surface area contributed by atoms with Crippen molar-refractivity contribution in [2.45, 2.75) is 70.3 Å². The topological polar surface area (TPSA) is 106 Å². The number of aliphatic hydroxyl groups excluding tert-OH is 1. The predicted octanol–water partition coefficient (Wildman–Crippen LogP) is 4.44. The van der Waals surface area contributed by atoms with Gasteiger partial charge >= 0.3 is 12.1 Å². The molecule has 1 fully saturated rings. The molecule has 1 aliphatic rings. The zero-order valence-corrected chi connectivity index (χ0v) is 21.0. The summed E-state index contributed by atoms with van der Waals surface area (Å²) in [7, 11) is -0.542. The molecule has 2 N–H and O–H groups in total. The van der Waals surface area contributed by atoms with Crippen molar-refractivity contribution in [1.29, 1.82) is 0 Å². The summed E-state index contributed by atoms with van der Waals surface area (Å²) < 4.78 is 17.0. The summed E-state index contributed by atoms with van der Waals surface area (Å²) in [6.45, 7) is 12.1. The first kappa shape index (κ1) is 26.2. The number of carbonyl (C=O) groups is 2. The first-order valence-electron chi connectivity index (χ1n) is 11.0. The Hall–Kier alpha value is -2.10. The Morgan fingerprint density at radius 1 is 1.22 bits per heavy atom. The van der Waals surface area contributed by atoms with E-state index in [0.717, 1.165) is 0 Å². The van der Waals surface area contributed by atoms with E-state index >= 15 is 0 Å². The molecule has 0 aromatic heterocycles. The molecular formula is C23H37NO7Si. The number of amides is 1. The monoisotopic (exact) mass is 467 g/mol. The van der Waals surface area contributed by atoms with Crippen LogP contribution < -0.4 is 4.74 Å². The fourth-order valence-electron chi connectivity index (χ4n) is 3.43. The van der Waals surface area contributed by atoms with E-state index in [0.29, 0.717) is 42.9 Å². The van der Waals surface area contributed by atoms with E-state index in [9.17, 15) is 19.8 Å². The number of ether oxygens (including phenoxy) is 2. The Bertz CT molecular complexity index is 806. The number of esters is 1. The third kappa shape index (κ3) is 6.46. The lowest BCUT2D eigenvalue weighted by Crippen LogP contribution is -2.42. The second-order valence-corrected chi connectivity index (χ2v) is 14.5. The van der Waals surface area contributed by atoms with E-state index in [1.54, 1.807) is 18.2 Å². The lowest BCUT2D eigenvalue weighted by Gasteiger charge is -2.37. The molecule has 1 aromatic rings. The van der Waals surface area contributed by atoms with Gasteiger partial charge in [-0.15, -0.1) is 0 Å². The number of piperidine rings is 1. The number of rotatable bonds is 8. The Morgan fingerprint density at radius 2 is 1.91 bits per heavy atom. The van der Waals surface area contributed by atoms with Crippen molar-refractivity contribution in [3.05, 3.63) is 29.3 Å². The zero-order chi connectivity index (χ0) is 24.1. The third-order valence-electron chi connectivity index (χ3n) is 6.43. The lowest BCUT2D eigenvalue weighted by molar-refractivity contribution is 0.0413. The van der Waals surface area contributed by atoms with Gasteiger partial charge < -0.3 is 29.0 Å². The number of hydrogen-bond donors (Lipinski definition) is 2. The molecule has 2 atom stereocenters. The number of carbonyl (C=O) groups excluding carboxylic acids is 1. The molecule has 0 spiro atoms. The van der Waals surface area contributed by atoms with Gasteiger partial charge in [0.1, 0.15) is 5.75 Å². The van der Waals surface area contributed by atoms with Gasteiger partial charge in [0.2, 0.25) is 0 Å². The third-order valence-corrected chi connectivity index (χ3v) is 11.0. The lowest BCUT2D eigenvalue weighted by atomic mass is 9.92. The van der Waals surface area contributed by atoms with Gasteiger partial charge in [-0.2, -0.15) is 0 Å². The fraction of sp³-hybridized carbons (Fsp3) is 0.652. The van der Waals surface area contributed by atoms with Crippen LogP contribution in [0.3, 0.4) is 0 Å². The quantitative estimate of drug-likeness (QED) is 0.331. The van der Waals surface area contributed by atoms with E-state index in [4.69, 9.17) is 13.9 Å². The molecule has 8 nitrogen and oxygen atoms in total. The summed E-state index contributed by atoms with van der Waals surface area (Å²) in [5.41, 5.74) is 0.950. The van der Waals surface area contributed by atoms with Crippen LogP contribution in [0.2, 0.25) is 18.1 Å². The molecule has 1 amide bonds. The SMILES string of the molecule is COC(=O)c1ccc([C@@H]2CC(O)CCN2C(=O)O)c(OCCCO[Si](C)(C)C(C)(C)C)c1. The molecule has 180 valence electrons. The molecule has 0 aliphatic carbocycles. The summed E-state index contributed by atoms with van der Waals surface area (Å²) in [5.74, 6) is -0.0768. The van der Waals surface area contributed by atoms with E-state index in [2.05, 4.69) is 33.9 Å². The number of nitrogens with zero attached hydrogens (tertiary/aromatic N) is 1. The molecule has 1 aromatic carbocycles. The van der Waals surface area contributed by atoms with Crippen molar-refractivity contribution in [3.8, 4) is 5.75 Å². The number of methoxy groups -OCH3 is 1. The molecule has 1 heterocycles. The molecule has 0 bridgehead atoms. The highest BCUT2D eigenvalue weighted by Crippen LogP contribution is 2.38. The maximum atomic E-state index is 12.0. The summed E-state index contributed by atoms with van der Waals surface area (Å²) >= 11 is 0. The van der Waals surface area contributed by atoms with Crippen LogP contribution in [0.4, 0.5) is 4.79 Å². The van der Waals surface area contributed by atoms with Crippen LogP contribution in [-0.2, 0) is 9.16 Å². The van der Waals surface area contributed by atoms with Crippen LogP contribution in [0, 0.1) is 0 Å². The normalized spacial score (nSPS) is 19.5. The number of carboxylic acid groups (broad SMARTS) is 1. The average molecular weight is 468 g/mol. The van der Waals surface area contributed by atoms with Crippen LogP contribution in [0.15, 0.2) is 18.2 Å². The Morgan fingerprint density at radius 3 is 2.50 bits per heavy atom. The van der Waals surface area contributed by atoms with Crippen LogP contribution in [-0.4, -0.2) is 68.5 Å². The van der Waals surface area contributed by atoms with Crippen LogP contribution in [0.1, 0.15) is 62.0 Å². The highest BCUT2D eigenvalue weighted by Gasteiger charge is 2.37. The zero-order valence-electron chi connectivity index (χ0n) is 20.0. The number of aliphatic hydroxyl groups is 1. The molecule has 1 aliphatic heterocycles. The number of hydrogen-bond acceptors (Lipinski definition) is 6. The van der Waals surface area contributed by atoms with Gasteiger partial charge in [0.05, 0.1) is 31.4 Å². The molecule has 1 unspecified atom stereocenters. The Kier molecular flexibility index (Phi) is 8.72. The number of likely N-dealkylation sites (tertiary alicyclic amines) is 1. The maximum Gasteiger partial charge on any atom is 0.407 e. The first-order chi connectivity index (χ1) is 14.9. The second-order valence-electron chi connectivity index (χ2n) is 9.72. The summed E-state index contributed by atoms with van der Waals surface area (Å²) in [6, 6.07) is 4.31. The van der Waals surface area contributed by atoms with Crippen LogP contribution in [0.5, 0.6) is 5.75 Å². The van der Waals surface area contributed by atoms with E-state index in [-0.39, 0.29) is 18.0 Å². The van der Waals surface area contributed by atoms with Crippen LogP contribution in [0.25, 0.3) is 0 Å². The largest absolute Gasteiger partial charge is 0.493 e. The van der Waals surface area contributed by atoms with Crippen molar-refractivity contribution in [2.75, 3.05) is 26.9 Å². The minimum absolute atomic E-state index is 0.123. The molecule has 9 heteroatoms. The molecule has 1 saturated heterocycles. The van der Waals surface area contributed by atoms with Crippen molar-refractivity contribution in [2.24, 2.45) is 0 Å². The van der Waals surface area contributed by atoms with E-state index in [1.165, 1.54) is 12.0 Å². The van der Waals surface area contributed by atoms with Crippen molar-refractivity contribution in [1.82, 2.24) is 4.90 Å². The molecule has 32 heavy (non-hydrogen) atoms. The molecular weight excluding hydrogens is 430 g/mol. The van der Waals surface area contributed by atoms with Gasteiger partial charge in [-0.25, -0.2) is 9.59 Å². The van der Waals surface area contributed by atoms with Gasteiger partial charge in [0.25, 0.3) is 0 Å². The van der Waals surface area contributed by atoms with Gasteiger partial charge in [-0.05, 0) is 43.1 Å². The minimum Gasteiger partial charge on any atom is -0.493 e. The van der Waals surface area contributed by atoms with Crippen LogP contribution >= 0.6 is 0 Å². The predicted molar refractivity (Wildman–Crippen MR) is 124 cm³/mol. The van der Waals surface area contributed by atoms with E-state index in [1.807, 2.05) is 0 Å². The fourth-order valence-corrected chi connectivity index (χ4v) is 4.52. The molecule has 2 rings (SSSR count). The highest BCUT2D eigenvalue weighted by molar-refractivity contribution is 6.74. The van der Waals surface area contributed by atoms with Crippen molar-refractivity contribution < 1.29 is 33.7 Å². The highest BCUT2D eigenvalue weighted by atomic mass is 28.4. The second kappa shape index (κ2) is 10.7. The maximum absolute atomic E-state index is 12.0. The number of benzene rings is 1. The van der Waals surface area contributed by atoms with E-state index < -0.39 is 32.5 Å². The first-order valence-corrected chi connectivity index (χ1v) is 13.9. The Labute approximate surface area is 191 Å². The van der Waals surface area contributed by atoms with Gasteiger partial charge in [-0.1, -0.05) is 26.8 Å². The van der Waals surface area contributed by atoms with Gasteiger partial charge in [0, 0.05) is 25.1 Å². The van der Waals surface area contributed by atoms with Crippen molar-refractivity contribution in [3.63, 3.8) is 0 Å². The molecule has 0 saturated carbocycles. The standard InChI is InChI=1S/C23H37NO7Si/c1-23(2,3)32(5,6)31-13-7-12-30-20-14-16(21(26)29-4)8-9-18(20)19-15-17(25)10-11-24(19)22(27)28/h8-9,14,17,19,25H,7,10-13,15H2,1-6H3,(H,27,28)/t17?,19-/m0/s1. The Balaban J connectivity index is 2.18. The minimum atomic E-state index is -1.85. The van der Waals surface area contributed by atoms with Gasteiger partial charge in [-0.3, -0.25) is 0 Å².